The fourth-order valence-electron chi connectivity index (χ4n) is 3.87. The minimum Gasteiger partial charge on any atom is -0.352 e. The molecular formula is C22H32N4O. The summed E-state index contributed by atoms with van der Waals surface area (Å²) in [5.74, 6) is 0.820. The molecule has 1 atom stereocenters. The Hall–Kier alpha value is -2.14. The molecule has 0 saturated carbocycles. The summed E-state index contributed by atoms with van der Waals surface area (Å²) >= 11 is 0. The first-order valence-corrected chi connectivity index (χ1v) is 10.1. The van der Waals surface area contributed by atoms with E-state index in [9.17, 15) is 4.79 Å². The molecule has 2 heterocycles. The van der Waals surface area contributed by atoms with E-state index in [1.165, 1.54) is 25.9 Å². The van der Waals surface area contributed by atoms with Gasteiger partial charge in [0, 0.05) is 24.3 Å². The summed E-state index contributed by atoms with van der Waals surface area (Å²) in [6, 6.07) is 9.92. The van der Waals surface area contributed by atoms with Gasteiger partial charge in [-0.05, 0) is 75.9 Å². The molecule has 0 bridgehead atoms. The number of carbonyl (C=O) groups is 1. The van der Waals surface area contributed by atoms with Crippen LogP contribution in [0, 0.1) is 19.8 Å². The molecule has 27 heavy (non-hydrogen) atoms. The van der Waals surface area contributed by atoms with E-state index in [0.29, 0.717) is 0 Å². The van der Waals surface area contributed by atoms with Crippen LogP contribution in [0.1, 0.15) is 53.5 Å². The molecule has 5 nitrogen and oxygen atoms in total. The third-order valence-corrected chi connectivity index (χ3v) is 5.33. The van der Waals surface area contributed by atoms with Crippen LogP contribution in [0.5, 0.6) is 0 Å². The Morgan fingerprint density at radius 2 is 2.04 bits per heavy atom. The van der Waals surface area contributed by atoms with Crippen molar-refractivity contribution in [1.82, 2.24) is 20.0 Å². The first kappa shape index (κ1) is 19.6. The number of likely N-dealkylation sites (tertiary alicyclic amines) is 1. The highest BCUT2D eigenvalue weighted by molar-refractivity contribution is 5.94. The number of hydrogen-bond acceptors (Lipinski definition) is 3. The monoisotopic (exact) mass is 368 g/mol. The molecular weight excluding hydrogens is 336 g/mol. The highest BCUT2D eigenvalue weighted by Crippen LogP contribution is 2.15. The van der Waals surface area contributed by atoms with Gasteiger partial charge in [-0.3, -0.25) is 9.48 Å². The lowest BCUT2D eigenvalue weighted by Gasteiger charge is -2.30. The second kappa shape index (κ2) is 9.18. The number of rotatable bonds is 7. The Labute approximate surface area is 162 Å². The largest absolute Gasteiger partial charge is 0.352 e. The van der Waals surface area contributed by atoms with Crippen LogP contribution in [-0.2, 0) is 6.54 Å². The molecule has 3 rings (SSSR count). The van der Waals surface area contributed by atoms with Gasteiger partial charge in [-0.15, -0.1) is 0 Å². The van der Waals surface area contributed by atoms with Gasteiger partial charge in [-0.1, -0.05) is 19.1 Å². The standard InChI is InChI=1S/C22H32N4O/c1-17-6-4-12-25(15-17)13-5-11-23-22(27)21-9-7-20(8-10-21)16-26-19(3)14-18(2)24-26/h7-10,14,17H,4-6,11-13,15-16H2,1-3H3,(H,23,27)/t17-/m1/s1. The summed E-state index contributed by atoms with van der Waals surface area (Å²) in [5, 5.41) is 7.54. The van der Waals surface area contributed by atoms with Crippen LogP contribution in [0.15, 0.2) is 30.3 Å². The van der Waals surface area contributed by atoms with Crippen LogP contribution < -0.4 is 5.32 Å². The van der Waals surface area contributed by atoms with Gasteiger partial charge in [0.1, 0.15) is 0 Å². The second-order valence-corrected chi connectivity index (χ2v) is 7.94. The predicted octanol–water partition coefficient (Wildman–Crippen LogP) is 3.40. The van der Waals surface area contributed by atoms with Crippen molar-refractivity contribution in [3.8, 4) is 0 Å². The number of carbonyl (C=O) groups excluding carboxylic acids is 1. The number of piperidine rings is 1. The Bertz CT molecular complexity index is 750. The van der Waals surface area contributed by atoms with E-state index >= 15 is 0 Å². The van der Waals surface area contributed by atoms with Gasteiger partial charge in [-0.25, -0.2) is 0 Å². The maximum Gasteiger partial charge on any atom is 0.251 e. The number of amides is 1. The van der Waals surface area contributed by atoms with Gasteiger partial charge >= 0.3 is 0 Å². The number of hydrogen-bond donors (Lipinski definition) is 1. The topological polar surface area (TPSA) is 50.2 Å². The molecule has 1 aromatic heterocycles. The molecule has 5 heteroatoms. The zero-order chi connectivity index (χ0) is 19.2. The number of aromatic nitrogens is 2. The quantitative estimate of drug-likeness (QED) is 0.762. The second-order valence-electron chi connectivity index (χ2n) is 7.94. The average molecular weight is 369 g/mol. The summed E-state index contributed by atoms with van der Waals surface area (Å²) in [6.45, 7) is 11.3. The molecule has 1 fully saturated rings. The number of benzene rings is 1. The van der Waals surface area contributed by atoms with E-state index < -0.39 is 0 Å². The van der Waals surface area contributed by atoms with Crippen molar-refractivity contribution >= 4 is 5.91 Å². The van der Waals surface area contributed by atoms with E-state index in [-0.39, 0.29) is 5.91 Å². The van der Waals surface area contributed by atoms with Gasteiger partial charge < -0.3 is 10.2 Å². The van der Waals surface area contributed by atoms with Crippen molar-refractivity contribution in [2.45, 2.75) is 46.6 Å². The van der Waals surface area contributed by atoms with E-state index in [1.807, 2.05) is 35.9 Å². The molecule has 0 radical (unpaired) electrons. The van der Waals surface area contributed by atoms with E-state index in [2.05, 4.69) is 35.2 Å². The maximum absolute atomic E-state index is 12.3. The van der Waals surface area contributed by atoms with Gasteiger partial charge in [0.05, 0.1) is 12.2 Å². The molecule has 0 unspecified atom stereocenters. The first-order valence-electron chi connectivity index (χ1n) is 10.1. The van der Waals surface area contributed by atoms with Crippen molar-refractivity contribution in [2.24, 2.45) is 5.92 Å². The van der Waals surface area contributed by atoms with Crippen molar-refractivity contribution in [2.75, 3.05) is 26.2 Å². The van der Waals surface area contributed by atoms with Gasteiger partial charge in [0.25, 0.3) is 5.91 Å². The third kappa shape index (κ3) is 5.67. The summed E-state index contributed by atoms with van der Waals surface area (Å²) in [7, 11) is 0. The van der Waals surface area contributed by atoms with Crippen LogP contribution in [-0.4, -0.2) is 46.8 Å². The molecule has 1 aromatic carbocycles. The normalized spacial score (nSPS) is 17.8. The first-order chi connectivity index (χ1) is 13.0. The molecule has 0 spiro atoms. The molecule has 1 amide bonds. The van der Waals surface area contributed by atoms with Gasteiger partial charge in [-0.2, -0.15) is 5.10 Å². The summed E-state index contributed by atoms with van der Waals surface area (Å²) in [5.41, 5.74) is 4.05. The third-order valence-electron chi connectivity index (χ3n) is 5.33. The van der Waals surface area contributed by atoms with E-state index in [0.717, 1.165) is 54.5 Å². The van der Waals surface area contributed by atoms with E-state index in [1.54, 1.807) is 0 Å². The lowest BCUT2D eigenvalue weighted by atomic mass is 10.0. The van der Waals surface area contributed by atoms with Crippen LogP contribution in [0.2, 0.25) is 0 Å². The smallest absolute Gasteiger partial charge is 0.251 e. The summed E-state index contributed by atoms with van der Waals surface area (Å²) in [6.07, 6.45) is 3.66. The fraction of sp³-hybridized carbons (Fsp3) is 0.545. The lowest BCUT2D eigenvalue weighted by Crippen LogP contribution is -2.36. The lowest BCUT2D eigenvalue weighted by molar-refractivity contribution is 0.0950. The SMILES string of the molecule is Cc1cc(C)n(Cc2ccc(C(=O)NCCCN3CCC[C@@H](C)C3)cc2)n1. The molecule has 1 N–H and O–H groups in total. The predicted molar refractivity (Wildman–Crippen MR) is 109 cm³/mol. The number of aryl methyl sites for hydroxylation is 2. The Balaban J connectivity index is 1.42. The Morgan fingerprint density at radius 3 is 2.70 bits per heavy atom. The minimum absolute atomic E-state index is 0.0136. The molecule has 1 saturated heterocycles. The average Bonchev–Trinajstić information content (AvgIpc) is 2.96. The zero-order valence-electron chi connectivity index (χ0n) is 16.9. The molecule has 1 aliphatic heterocycles. The van der Waals surface area contributed by atoms with Crippen molar-refractivity contribution in [3.63, 3.8) is 0 Å². The molecule has 2 aromatic rings. The minimum atomic E-state index is 0.0136. The Morgan fingerprint density at radius 1 is 1.26 bits per heavy atom. The number of nitrogens with zero attached hydrogens (tertiary/aromatic N) is 3. The van der Waals surface area contributed by atoms with Crippen molar-refractivity contribution in [1.29, 1.82) is 0 Å². The molecule has 0 aliphatic carbocycles. The highest BCUT2D eigenvalue weighted by atomic mass is 16.1. The van der Waals surface area contributed by atoms with Gasteiger partial charge in [0.15, 0.2) is 0 Å². The van der Waals surface area contributed by atoms with Crippen LogP contribution in [0.3, 0.4) is 0 Å². The van der Waals surface area contributed by atoms with Crippen molar-refractivity contribution < 1.29 is 4.79 Å². The van der Waals surface area contributed by atoms with Crippen molar-refractivity contribution in [3.05, 3.63) is 52.8 Å². The maximum atomic E-state index is 12.3. The summed E-state index contributed by atoms with van der Waals surface area (Å²) in [4.78, 5) is 14.9. The molecule has 1 aliphatic rings. The van der Waals surface area contributed by atoms with E-state index in [4.69, 9.17) is 0 Å². The van der Waals surface area contributed by atoms with Gasteiger partial charge in [0.2, 0.25) is 0 Å². The summed E-state index contributed by atoms with van der Waals surface area (Å²) < 4.78 is 1.99. The number of nitrogens with one attached hydrogen (secondary N) is 1. The fourth-order valence-corrected chi connectivity index (χ4v) is 3.87. The van der Waals surface area contributed by atoms with Crippen LogP contribution >= 0.6 is 0 Å². The zero-order valence-corrected chi connectivity index (χ0v) is 16.9. The molecule has 146 valence electrons. The van der Waals surface area contributed by atoms with Crippen LogP contribution in [0.25, 0.3) is 0 Å². The van der Waals surface area contributed by atoms with Crippen LogP contribution in [0.4, 0.5) is 0 Å². The highest BCUT2D eigenvalue weighted by Gasteiger charge is 2.15. The Kier molecular flexibility index (Phi) is 6.67.